The summed E-state index contributed by atoms with van der Waals surface area (Å²) < 4.78 is 6.66. The second-order valence-corrected chi connectivity index (χ2v) is 4.68. The predicted molar refractivity (Wildman–Crippen MR) is 68.2 cm³/mol. The Bertz CT molecular complexity index is 499. The number of aryl methyl sites for hydroxylation is 1. The summed E-state index contributed by atoms with van der Waals surface area (Å²) >= 11 is 9.15. The fourth-order valence-electron chi connectivity index (χ4n) is 1.26. The summed E-state index contributed by atoms with van der Waals surface area (Å²) in [4.78, 5) is 4.07. The number of pyridine rings is 1. The van der Waals surface area contributed by atoms with Crippen molar-refractivity contribution in [3.63, 3.8) is 0 Å². The first kappa shape index (κ1) is 11.4. The fraction of sp³-hybridized carbons (Fsp3) is 0.0833. The molecule has 0 spiro atoms. The first-order valence-corrected chi connectivity index (χ1v) is 5.88. The molecular weight excluding hydrogens is 289 g/mol. The lowest BCUT2D eigenvalue weighted by atomic mass is 10.2. The molecule has 1 aromatic heterocycles. The van der Waals surface area contributed by atoms with Gasteiger partial charge < -0.3 is 4.74 Å². The number of aromatic nitrogens is 1. The molecule has 0 atom stereocenters. The van der Waals surface area contributed by atoms with Gasteiger partial charge in [-0.15, -0.1) is 0 Å². The van der Waals surface area contributed by atoms with Crippen molar-refractivity contribution in [2.75, 3.05) is 0 Å². The molecule has 82 valence electrons. The first-order valence-electron chi connectivity index (χ1n) is 4.71. The van der Waals surface area contributed by atoms with Gasteiger partial charge in [-0.2, -0.15) is 0 Å². The Balaban J connectivity index is 2.23. The lowest BCUT2D eigenvalue weighted by Crippen LogP contribution is -1.89. The minimum atomic E-state index is 0.537. The van der Waals surface area contributed by atoms with Crippen molar-refractivity contribution in [2.24, 2.45) is 0 Å². The largest absolute Gasteiger partial charge is 0.439 e. The van der Waals surface area contributed by atoms with Crippen LogP contribution in [0.15, 0.2) is 41.0 Å². The molecule has 0 fully saturated rings. The molecule has 0 aliphatic heterocycles. The van der Waals surface area contributed by atoms with Crippen LogP contribution in [-0.2, 0) is 0 Å². The van der Waals surface area contributed by atoms with Gasteiger partial charge in [0.05, 0.1) is 5.02 Å². The molecule has 0 N–H and O–H groups in total. The standard InChI is InChI=1S/C12H9BrClNO/c1-8-6-9(13)2-4-11(8)16-12-5-3-10(14)7-15-12/h2-7H,1H3. The van der Waals surface area contributed by atoms with Crippen molar-refractivity contribution in [3.05, 3.63) is 51.6 Å². The van der Waals surface area contributed by atoms with Crippen LogP contribution in [0, 0.1) is 6.92 Å². The summed E-state index contributed by atoms with van der Waals surface area (Å²) in [6.45, 7) is 1.98. The monoisotopic (exact) mass is 297 g/mol. The van der Waals surface area contributed by atoms with Gasteiger partial charge in [-0.25, -0.2) is 4.98 Å². The third-order valence-corrected chi connectivity index (χ3v) is 2.77. The number of hydrogen-bond acceptors (Lipinski definition) is 2. The highest BCUT2D eigenvalue weighted by Crippen LogP contribution is 2.26. The van der Waals surface area contributed by atoms with Crippen molar-refractivity contribution in [1.82, 2.24) is 4.98 Å². The van der Waals surface area contributed by atoms with Crippen LogP contribution in [0.1, 0.15) is 5.56 Å². The van der Waals surface area contributed by atoms with E-state index in [9.17, 15) is 0 Å². The van der Waals surface area contributed by atoms with E-state index in [1.165, 1.54) is 0 Å². The maximum absolute atomic E-state index is 5.74. The molecule has 4 heteroatoms. The molecule has 0 saturated heterocycles. The van der Waals surface area contributed by atoms with Crippen LogP contribution < -0.4 is 4.74 Å². The van der Waals surface area contributed by atoms with E-state index in [0.717, 1.165) is 15.8 Å². The van der Waals surface area contributed by atoms with Crippen LogP contribution in [0.2, 0.25) is 5.02 Å². The Morgan fingerprint density at radius 3 is 2.69 bits per heavy atom. The molecule has 2 rings (SSSR count). The van der Waals surface area contributed by atoms with Crippen molar-refractivity contribution < 1.29 is 4.74 Å². The number of nitrogens with zero attached hydrogens (tertiary/aromatic N) is 1. The maximum atomic E-state index is 5.74. The van der Waals surface area contributed by atoms with E-state index in [4.69, 9.17) is 16.3 Å². The van der Waals surface area contributed by atoms with Gasteiger partial charge in [0, 0.05) is 16.7 Å². The highest BCUT2D eigenvalue weighted by molar-refractivity contribution is 9.10. The van der Waals surface area contributed by atoms with Crippen LogP contribution in [0.25, 0.3) is 0 Å². The summed E-state index contributed by atoms with van der Waals surface area (Å²) in [5.41, 5.74) is 1.05. The summed E-state index contributed by atoms with van der Waals surface area (Å²) in [5, 5.41) is 0.597. The average molecular weight is 299 g/mol. The number of hydrogen-bond donors (Lipinski definition) is 0. The van der Waals surface area contributed by atoms with Crippen LogP contribution in [0.3, 0.4) is 0 Å². The van der Waals surface area contributed by atoms with E-state index in [1.54, 1.807) is 18.3 Å². The van der Waals surface area contributed by atoms with Crippen LogP contribution >= 0.6 is 27.5 Å². The van der Waals surface area contributed by atoms with Gasteiger partial charge in [0.25, 0.3) is 0 Å². The molecule has 0 aliphatic carbocycles. The normalized spacial score (nSPS) is 10.2. The highest BCUT2D eigenvalue weighted by Gasteiger charge is 2.02. The van der Waals surface area contributed by atoms with Crippen LogP contribution in [-0.4, -0.2) is 4.98 Å². The molecule has 0 radical (unpaired) electrons. The Hall–Kier alpha value is -1.06. The summed E-state index contributed by atoms with van der Waals surface area (Å²) in [6, 6.07) is 9.31. The molecule has 0 saturated carbocycles. The van der Waals surface area contributed by atoms with Gasteiger partial charge in [0.1, 0.15) is 5.75 Å². The third-order valence-electron chi connectivity index (χ3n) is 2.05. The van der Waals surface area contributed by atoms with Crippen molar-refractivity contribution in [3.8, 4) is 11.6 Å². The second kappa shape index (κ2) is 4.85. The second-order valence-electron chi connectivity index (χ2n) is 3.33. The van der Waals surface area contributed by atoms with Crippen LogP contribution in [0.5, 0.6) is 11.6 Å². The minimum absolute atomic E-state index is 0.537. The molecule has 2 nitrogen and oxygen atoms in total. The van der Waals surface area contributed by atoms with Gasteiger partial charge >= 0.3 is 0 Å². The summed E-state index contributed by atoms with van der Waals surface area (Å²) in [6.07, 6.45) is 1.56. The molecule has 16 heavy (non-hydrogen) atoms. The minimum Gasteiger partial charge on any atom is -0.439 e. The van der Waals surface area contributed by atoms with Gasteiger partial charge in [-0.1, -0.05) is 27.5 Å². The molecular formula is C12H9BrClNO. The molecule has 0 aliphatic rings. The fourth-order valence-corrected chi connectivity index (χ4v) is 1.85. The Morgan fingerprint density at radius 1 is 1.25 bits per heavy atom. The molecule has 1 aromatic carbocycles. The average Bonchev–Trinajstić information content (AvgIpc) is 2.25. The molecule has 0 unspecified atom stereocenters. The summed E-state index contributed by atoms with van der Waals surface area (Å²) in [5.74, 6) is 1.33. The van der Waals surface area contributed by atoms with E-state index in [2.05, 4.69) is 20.9 Å². The SMILES string of the molecule is Cc1cc(Br)ccc1Oc1ccc(Cl)cn1. The Morgan fingerprint density at radius 2 is 2.06 bits per heavy atom. The molecule has 0 amide bonds. The van der Waals surface area contributed by atoms with Crippen molar-refractivity contribution in [1.29, 1.82) is 0 Å². The van der Waals surface area contributed by atoms with Gasteiger partial charge in [0.2, 0.25) is 5.88 Å². The Kier molecular flexibility index (Phi) is 3.46. The number of rotatable bonds is 2. The third kappa shape index (κ3) is 2.74. The Labute approximate surface area is 107 Å². The molecule has 0 bridgehead atoms. The van der Waals surface area contributed by atoms with E-state index in [0.29, 0.717) is 10.9 Å². The zero-order valence-electron chi connectivity index (χ0n) is 8.58. The lowest BCUT2D eigenvalue weighted by Gasteiger charge is -2.07. The van der Waals surface area contributed by atoms with Crippen molar-refractivity contribution >= 4 is 27.5 Å². The first-order chi connectivity index (χ1) is 7.65. The maximum Gasteiger partial charge on any atom is 0.219 e. The van der Waals surface area contributed by atoms with E-state index in [-0.39, 0.29) is 0 Å². The van der Waals surface area contributed by atoms with Crippen molar-refractivity contribution in [2.45, 2.75) is 6.92 Å². The number of ether oxygens (including phenoxy) is 1. The lowest BCUT2D eigenvalue weighted by molar-refractivity contribution is 0.459. The topological polar surface area (TPSA) is 22.1 Å². The quantitative estimate of drug-likeness (QED) is 0.808. The van der Waals surface area contributed by atoms with E-state index < -0.39 is 0 Å². The number of halogens is 2. The molecule has 2 aromatic rings. The van der Waals surface area contributed by atoms with E-state index in [1.807, 2.05) is 25.1 Å². The van der Waals surface area contributed by atoms with Crippen LogP contribution in [0.4, 0.5) is 0 Å². The molecule has 1 heterocycles. The zero-order chi connectivity index (χ0) is 11.5. The zero-order valence-corrected chi connectivity index (χ0v) is 10.9. The van der Waals surface area contributed by atoms with Gasteiger partial charge in [0.15, 0.2) is 0 Å². The smallest absolute Gasteiger partial charge is 0.219 e. The predicted octanol–water partition coefficient (Wildman–Crippen LogP) is 4.60. The summed E-state index contributed by atoms with van der Waals surface area (Å²) in [7, 11) is 0. The van der Waals surface area contributed by atoms with Gasteiger partial charge in [-0.3, -0.25) is 0 Å². The van der Waals surface area contributed by atoms with E-state index >= 15 is 0 Å². The number of benzene rings is 1. The highest BCUT2D eigenvalue weighted by atomic mass is 79.9. The van der Waals surface area contributed by atoms with Gasteiger partial charge in [-0.05, 0) is 36.8 Å².